The summed E-state index contributed by atoms with van der Waals surface area (Å²) in [6.07, 6.45) is 1.76. The third-order valence-electron chi connectivity index (χ3n) is 4.19. The van der Waals surface area contributed by atoms with Crippen LogP contribution in [0.3, 0.4) is 0 Å². The van der Waals surface area contributed by atoms with Crippen LogP contribution in [-0.4, -0.2) is 60.5 Å². The van der Waals surface area contributed by atoms with Gasteiger partial charge in [0.15, 0.2) is 0 Å². The molecule has 1 aromatic heterocycles. The maximum atomic E-state index is 11.9. The van der Waals surface area contributed by atoms with Crippen LogP contribution >= 0.6 is 11.3 Å². The number of rotatable bonds is 6. The van der Waals surface area contributed by atoms with Crippen molar-refractivity contribution in [2.45, 2.75) is 39.3 Å². The molecule has 0 saturated carbocycles. The Hall–Kier alpha value is -0.980. The Balaban J connectivity index is 1.67. The molecule has 0 spiro atoms. The molecule has 1 atom stereocenters. The Morgan fingerprint density at radius 2 is 2.29 bits per heavy atom. The van der Waals surface area contributed by atoms with Crippen molar-refractivity contribution < 1.29 is 4.79 Å². The van der Waals surface area contributed by atoms with E-state index in [9.17, 15) is 4.79 Å². The minimum absolute atomic E-state index is 0.110. The van der Waals surface area contributed by atoms with E-state index in [0.717, 1.165) is 30.3 Å². The summed E-state index contributed by atoms with van der Waals surface area (Å²) in [5.74, 6) is 0.110. The van der Waals surface area contributed by atoms with E-state index in [0.29, 0.717) is 19.0 Å². The van der Waals surface area contributed by atoms with E-state index >= 15 is 0 Å². The lowest BCUT2D eigenvalue weighted by molar-refractivity contribution is -0.121. The highest BCUT2D eigenvalue weighted by atomic mass is 32.1. The minimum Gasteiger partial charge on any atom is -0.350 e. The van der Waals surface area contributed by atoms with Gasteiger partial charge in [0.2, 0.25) is 5.91 Å². The van der Waals surface area contributed by atoms with Crippen LogP contribution in [0.1, 0.15) is 28.4 Å². The average molecular weight is 310 g/mol. The zero-order chi connectivity index (χ0) is 15.4. The molecule has 5 nitrogen and oxygen atoms in total. The molecule has 1 aliphatic heterocycles. The fraction of sp³-hybridized carbons (Fsp3) is 0.733. The topological polar surface area (TPSA) is 48.5 Å². The summed E-state index contributed by atoms with van der Waals surface area (Å²) in [7, 11) is 4.27. The summed E-state index contributed by atoms with van der Waals surface area (Å²) in [6, 6.07) is 0.590. The Kier molecular flexibility index (Phi) is 5.72. The Bertz CT molecular complexity index is 469. The van der Waals surface area contributed by atoms with E-state index in [1.807, 2.05) is 6.92 Å². The van der Waals surface area contributed by atoms with Gasteiger partial charge < -0.3 is 15.1 Å². The minimum atomic E-state index is 0.110. The zero-order valence-electron chi connectivity index (χ0n) is 13.5. The fourth-order valence-electron chi connectivity index (χ4n) is 2.61. The SMILES string of the molecule is Cc1nc(CNC(=O)CCN(C)C2CCN(C)C2)sc1C. The number of amides is 1. The summed E-state index contributed by atoms with van der Waals surface area (Å²) in [5.41, 5.74) is 1.06. The van der Waals surface area contributed by atoms with Gasteiger partial charge in [0.1, 0.15) is 5.01 Å². The van der Waals surface area contributed by atoms with Gasteiger partial charge in [-0.1, -0.05) is 0 Å². The van der Waals surface area contributed by atoms with Crippen molar-refractivity contribution in [1.29, 1.82) is 0 Å². The van der Waals surface area contributed by atoms with Gasteiger partial charge in [-0.05, 0) is 40.9 Å². The van der Waals surface area contributed by atoms with Gasteiger partial charge in [0.05, 0.1) is 12.2 Å². The molecule has 21 heavy (non-hydrogen) atoms. The van der Waals surface area contributed by atoms with Crippen molar-refractivity contribution in [3.05, 3.63) is 15.6 Å². The van der Waals surface area contributed by atoms with E-state index in [1.165, 1.54) is 11.3 Å². The number of carbonyl (C=O) groups excluding carboxylic acids is 1. The van der Waals surface area contributed by atoms with E-state index in [1.54, 1.807) is 11.3 Å². The van der Waals surface area contributed by atoms with Crippen LogP contribution in [0.5, 0.6) is 0 Å². The second-order valence-electron chi connectivity index (χ2n) is 5.96. The van der Waals surface area contributed by atoms with Gasteiger partial charge >= 0.3 is 0 Å². The Morgan fingerprint density at radius 3 is 2.86 bits per heavy atom. The van der Waals surface area contributed by atoms with Crippen molar-refractivity contribution >= 4 is 17.2 Å². The van der Waals surface area contributed by atoms with Gasteiger partial charge in [-0.3, -0.25) is 4.79 Å². The highest BCUT2D eigenvalue weighted by Gasteiger charge is 2.23. The first-order chi connectivity index (χ1) is 9.95. The lowest BCUT2D eigenvalue weighted by Gasteiger charge is -2.23. The van der Waals surface area contributed by atoms with Crippen LogP contribution in [0.4, 0.5) is 0 Å². The number of nitrogens with one attached hydrogen (secondary N) is 1. The number of carbonyl (C=O) groups is 1. The molecular weight excluding hydrogens is 284 g/mol. The normalized spacial score (nSPS) is 19.4. The van der Waals surface area contributed by atoms with Crippen LogP contribution in [0.15, 0.2) is 0 Å². The fourth-order valence-corrected chi connectivity index (χ4v) is 3.48. The molecule has 118 valence electrons. The third kappa shape index (κ3) is 4.76. The van der Waals surface area contributed by atoms with Crippen LogP contribution in [-0.2, 0) is 11.3 Å². The van der Waals surface area contributed by atoms with Crippen molar-refractivity contribution in [3.63, 3.8) is 0 Å². The lowest BCUT2D eigenvalue weighted by Crippen LogP contribution is -2.36. The van der Waals surface area contributed by atoms with Gasteiger partial charge in [0, 0.05) is 30.4 Å². The maximum absolute atomic E-state index is 11.9. The number of aryl methyl sites for hydroxylation is 2. The first-order valence-corrected chi connectivity index (χ1v) is 8.35. The first kappa shape index (κ1) is 16.4. The lowest BCUT2D eigenvalue weighted by atomic mass is 10.2. The summed E-state index contributed by atoms with van der Waals surface area (Å²) in [4.78, 5) is 22.2. The molecule has 1 aromatic rings. The predicted molar refractivity (Wildman–Crippen MR) is 86.6 cm³/mol. The number of nitrogens with zero attached hydrogens (tertiary/aromatic N) is 3. The van der Waals surface area contributed by atoms with Crippen molar-refractivity contribution in [2.24, 2.45) is 0 Å². The largest absolute Gasteiger partial charge is 0.350 e. The van der Waals surface area contributed by atoms with Crippen molar-refractivity contribution in [2.75, 3.05) is 33.7 Å². The Morgan fingerprint density at radius 1 is 1.52 bits per heavy atom. The molecule has 0 radical (unpaired) electrons. The predicted octanol–water partition coefficient (Wildman–Crippen LogP) is 1.40. The van der Waals surface area contributed by atoms with Gasteiger partial charge in [-0.2, -0.15) is 0 Å². The molecule has 0 aromatic carbocycles. The van der Waals surface area contributed by atoms with E-state index < -0.39 is 0 Å². The molecule has 2 heterocycles. The smallest absolute Gasteiger partial charge is 0.221 e. The van der Waals surface area contributed by atoms with Crippen molar-refractivity contribution in [3.8, 4) is 0 Å². The summed E-state index contributed by atoms with van der Waals surface area (Å²) in [6.45, 7) is 7.70. The number of likely N-dealkylation sites (tertiary alicyclic amines) is 1. The van der Waals surface area contributed by atoms with Crippen LogP contribution < -0.4 is 5.32 Å². The number of aromatic nitrogens is 1. The monoisotopic (exact) mass is 310 g/mol. The number of hydrogen-bond donors (Lipinski definition) is 1. The van der Waals surface area contributed by atoms with E-state index in [-0.39, 0.29) is 5.91 Å². The highest BCUT2D eigenvalue weighted by Crippen LogP contribution is 2.16. The number of thiazole rings is 1. The average Bonchev–Trinajstić information content (AvgIpc) is 3.00. The molecule has 6 heteroatoms. The third-order valence-corrected chi connectivity index (χ3v) is 5.26. The Labute approximate surface area is 131 Å². The highest BCUT2D eigenvalue weighted by molar-refractivity contribution is 7.11. The standard InChI is InChI=1S/C15H26N4OS/c1-11-12(2)21-15(17-11)9-16-14(20)6-8-19(4)13-5-7-18(3)10-13/h13H,5-10H2,1-4H3,(H,16,20). The number of hydrogen-bond acceptors (Lipinski definition) is 5. The number of likely N-dealkylation sites (N-methyl/N-ethyl adjacent to an activating group) is 2. The second-order valence-corrected chi connectivity index (χ2v) is 7.25. The van der Waals surface area contributed by atoms with Crippen LogP contribution in [0, 0.1) is 13.8 Å². The molecule has 0 aliphatic carbocycles. The molecule has 0 bridgehead atoms. The molecule has 1 unspecified atom stereocenters. The summed E-state index contributed by atoms with van der Waals surface area (Å²) < 4.78 is 0. The molecule has 1 amide bonds. The van der Waals surface area contributed by atoms with Crippen LogP contribution in [0.25, 0.3) is 0 Å². The van der Waals surface area contributed by atoms with Gasteiger partial charge in [0.25, 0.3) is 0 Å². The zero-order valence-corrected chi connectivity index (χ0v) is 14.3. The van der Waals surface area contributed by atoms with Crippen LogP contribution in [0.2, 0.25) is 0 Å². The molecule has 1 aliphatic rings. The molecule has 2 rings (SSSR count). The first-order valence-electron chi connectivity index (χ1n) is 7.54. The van der Waals surface area contributed by atoms with E-state index in [2.05, 4.69) is 41.1 Å². The van der Waals surface area contributed by atoms with Crippen molar-refractivity contribution in [1.82, 2.24) is 20.1 Å². The second kappa shape index (κ2) is 7.33. The molecular formula is C15H26N4OS. The van der Waals surface area contributed by atoms with Gasteiger partial charge in [-0.15, -0.1) is 11.3 Å². The molecule has 1 fully saturated rings. The molecule has 1 saturated heterocycles. The van der Waals surface area contributed by atoms with Gasteiger partial charge in [-0.25, -0.2) is 4.98 Å². The summed E-state index contributed by atoms with van der Waals surface area (Å²) in [5, 5.41) is 3.96. The molecule has 1 N–H and O–H groups in total. The van der Waals surface area contributed by atoms with E-state index in [4.69, 9.17) is 0 Å². The maximum Gasteiger partial charge on any atom is 0.221 e. The quantitative estimate of drug-likeness (QED) is 0.863. The summed E-state index contributed by atoms with van der Waals surface area (Å²) >= 11 is 1.66.